The first-order valence-electron chi connectivity index (χ1n) is 31.3. The lowest BCUT2D eigenvalue weighted by molar-refractivity contribution is 0.590. The monoisotopic (exact) mass is 1160 g/mol. The number of hydrogen-bond donors (Lipinski definition) is 1. The summed E-state index contributed by atoms with van der Waals surface area (Å²) in [6.07, 6.45) is 0. The summed E-state index contributed by atoms with van der Waals surface area (Å²) in [6.45, 7) is 13.9. The van der Waals surface area contributed by atoms with Gasteiger partial charge in [-0.05, 0) is 170 Å². The van der Waals surface area contributed by atoms with Gasteiger partial charge in [0.05, 0.1) is 22.4 Å². The third-order valence-corrected chi connectivity index (χ3v) is 17.8. The maximum atomic E-state index is 6.40. The van der Waals surface area contributed by atoms with Crippen LogP contribution in [0.15, 0.2) is 308 Å². The van der Waals surface area contributed by atoms with E-state index in [0.717, 1.165) is 128 Å². The minimum atomic E-state index is -0.180. The van der Waals surface area contributed by atoms with E-state index in [2.05, 4.69) is 354 Å². The largest absolute Gasteiger partial charge is 0.456 e. The summed E-state index contributed by atoms with van der Waals surface area (Å²) in [6, 6.07) is 111. The van der Waals surface area contributed by atoms with Crippen LogP contribution in [0, 0.1) is 0 Å². The van der Waals surface area contributed by atoms with E-state index in [9.17, 15) is 0 Å². The van der Waals surface area contributed by atoms with Gasteiger partial charge in [-0.25, -0.2) is 0 Å². The molecule has 434 valence electrons. The predicted octanol–water partition coefficient (Wildman–Crippen LogP) is 24.5. The second kappa shape index (κ2) is 22.6. The zero-order valence-corrected chi connectivity index (χ0v) is 51.7. The van der Waals surface area contributed by atoms with Gasteiger partial charge in [0, 0.05) is 66.5 Å². The van der Waals surface area contributed by atoms with Crippen molar-refractivity contribution >= 4 is 72.2 Å². The first kappa shape index (κ1) is 55.6. The van der Waals surface area contributed by atoms with E-state index in [4.69, 9.17) is 4.42 Å². The van der Waals surface area contributed by atoms with E-state index in [-0.39, 0.29) is 10.8 Å². The Morgan fingerprint density at radius 2 is 0.756 bits per heavy atom. The van der Waals surface area contributed by atoms with Crippen LogP contribution in [0.25, 0.3) is 116 Å². The average molecular weight is 1160 g/mol. The SMILES string of the molecule is CC(C)(C)c1cc(-c2ccccc2)c(Nc2cc(-c3ccc4c(c3)c3ccccc3n4-c3ccccc3)cc(N(c3cccc(-c4ccc5oc6ccccc6c5c4)c3)c3c(-c4ccccc4)cc(C(C)(C)C)cc3-c3ccccc3)c2)c(-c2ccccc2)c1. The highest BCUT2D eigenvalue weighted by Crippen LogP contribution is 2.52. The van der Waals surface area contributed by atoms with Gasteiger partial charge in [-0.1, -0.05) is 242 Å². The summed E-state index contributed by atoms with van der Waals surface area (Å²) < 4.78 is 8.80. The Morgan fingerprint density at radius 3 is 1.36 bits per heavy atom. The first-order chi connectivity index (χ1) is 43.9. The number of rotatable bonds is 12. The molecule has 0 fully saturated rings. The fraction of sp³-hybridized carbons (Fsp3) is 0.0930. The minimum Gasteiger partial charge on any atom is -0.456 e. The standard InChI is InChI=1S/C86H69N3O/c1-85(2,3)65-52-73(57-27-12-7-13-28-57)83(74(53-65)58-29-14-8-15-30-58)87-67-47-64(63-43-45-80-77(50-63)71-39-22-24-41-79(71)89(80)68-36-20-11-21-37-68)49-70(56-67)88(69-38-26-35-61(48-69)62-44-46-82-78(51-62)72-40-23-25-42-81(72)90-82)84-75(59-31-16-9-17-32-59)54-66(86(4,5)6)55-76(84)60-33-18-10-19-34-60/h7-56,87H,1-6H3. The van der Waals surface area contributed by atoms with Gasteiger partial charge in [0.1, 0.15) is 11.2 Å². The van der Waals surface area contributed by atoms with Gasteiger partial charge in [0.2, 0.25) is 0 Å². The van der Waals surface area contributed by atoms with Crippen LogP contribution in [0.1, 0.15) is 52.7 Å². The molecule has 15 aromatic rings. The van der Waals surface area contributed by atoms with Gasteiger partial charge >= 0.3 is 0 Å². The molecular weight excluding hydrogens is 1090 g/mol. The number of fused-ring (bicyclic) bond motifs is 6. The van der Waals surface area contributed by atoms with E-state index >= 15 is 0 Å². The number of nitrogens with zero attached hydrogens (tertiary/aromatic N) is 2. The number of nitrogens with one attached hydrogen (secondary N) is 1. The molecule has 2 heterocycles. The lowest BCUT2D eigenvalue weighted by Crippen LogP contribution is -2.16. The molecule has 0 spiro atoms. The van der Waals surface area contributed by atoms with Gasteiger partial charge < -0.3 is 19.2 Å². The first-order valence-corrected chi connectivity index (χ1v) is 31.3. The summed E-state index contributed by atoms with van der Waals surface area (Å²) in [5.74, 6) is 0. The Hall–Kier alpha value is -10.9. The molecule has 0 aliphatic rings. The van der Waals surface area contributed by atoms with Crippen LogP contribution in [-0.2, 0) is 10.8 Å². The predicted molar refractivity (Wildman–Crippen MR) is 382 cm³/mol. The fourth-order valence-corrected chi connectivity index (χ4v) is 13.2. The summed E-state index contributed by atoms with van der Waals surface area (Å²) in [5, 5.41) is 8.84. The topological polar surface area (TPSA) is 33.3 Å². The Labute approximate surface area is 527 Å². The second-order valence-electron chi connectivity index (χ2n) is 25.8. The van der Waals surface area contributed by atoms with Gasteiger partial charge in [-0.3, -0.25) is 0 Å². The number of furan rings is 1. The third kappa shape index (κ3) is 10.4. The van der Waals surface area contributed by atoms with Crippen molar-refractivity contribution in [2.24, 2.45) is 0 Å². The van der Waals surface area contributed by atoms with Crippen LogP contribution in [-0.4, -0.2) is 4.57 Å². The van der Waals surface area contributed by atoms with Gasteiger partial charge in [0.15, 0.2) is 0 Å². The van der Waals surface area contributed by atoms with E-state index < -0.39 is 0 Å². The van der Waals surface area contributed by atoms with Crippen LogP contribution in [0.3, 0.4) is 0 Å². The Balaban J connectivity index is 1.05. The molecule has 13 aromatic carbocycles. The lowest BCUT2D eigenvalue weighted by atomic mass is 9.82. The molecule has 0 atom stereocenters. The maximum absolute atomic E-state index is 6.40. The van der Waals surface area contributed by atoms with Gasteiger partial charge in [-0.15, -0.1) is 0 Å². The van der Waals surface area contributed by atoms with Crippen molar-refractivity contribution in [3.63, 3.8) is 0 Å². The normalized spacial score (nSPS) is 11.9. The molecule has 0 saturated heterocycles. The number of para-hydroxylation sites is 3. The molecule has 2 aromatic heterocycles. The molecule has 0 amide bonds. The zero-order chi connectivity index (χ0) is 61.1. The Kier molecular flexibility index (Phi) is 14.0. The van der Waals surface area contributed by atoms with Gasteiger partial charge in [0.25, 0.3) is 0 Å². The molecule has 0 aliphatic heterocycles. The van der Waals surface area contributed by atoms with Crippen LogP contribution < -0.4 is 10.2 Å². The van der Waals surface area contributed by atoms with E-state index in [1.165, 1.54) is 27.4 Å². The summed E-state index contributed by atoms with van der Waals surface area (Å²) in [5.41, 5.74) is 25.8. The average Bonchev–Trinajstić information content (AvgIpc) is 1.17. The molecule has 1 N–H and O–H groups in total. The Morgan fingerprint density at radius 1 is 0.311 bits per heavy atom. The molecule has 0 aliphatic carbocycles. The van der Waals surface area contributed by atoms with Crippen molar-refractivity contribution < 1.29 is 4.42 Å². The molecule has 0 radical (unpaired) electrons. The van der Waals surface area contributed by atoms with Crippen LogP contribution >= 0.6 is 0 Å². The van der Waals surface area contributed by atoms with E-state index in [0.29, 0.717) is 0 Å². The minimum absolute atomic E-state index is 0.135. The zero-order valence-electron chi connectivity index (χ0n) is 51.7. The van der Waals surface area contributed by atoms with Crippen molar-refractivity contribution in [1.82, 2.24) is 4.57 Å². The van der Waals surface area contributed by atoms with Crippen molar-refractivity contribution in [3.8, 4) is 72.4 Å². The van der Waals surface area contributed by atoms with E-state index in [1.54, 1.807) is 0 Å². The van der Waals surface area contributed by atoms with Crippen LogP contribution in [0.5, 0.6) is 0 Å². The van der Waals surface area contributed by atoms with E-state index in [1.807, 2.05) is 6.07 Å². The molecule has 90 heavy (non-hydrogen) atoms. The highest BCUT2D eigenvalue weighted by atomic mass is 16.3. The van der Waals surface area contributed by atoms with Crippen molar-refractivity contribution in [2.45, 2.75) is 52.4 Å². The number of anilines is 5. The Bertz CT molecular complexity index is 5020. The molecule has 0 bridgehead atoms. The van der Waals surface area contributed by atoms with Crippen molar-refractivity contribution in [3.05, 3.63) is 314 Å². The molecule has 0 unspecified atom stereocenters. The number of benzene rings is 13. The molecular formula is C86H69N3O. The highest BCUT2D eigenvalue weighted by molar-refractivity contribution is 6.11. The lowest BCUT2D eigenvalue weighted by Gasteiger charge is -2.33. The highest BCUT2D eigenvalue weighted by Gasteiger charge is 2.29. The third-order valence-electron chi connectivity index (χ3n) is 17.8. The maximum Gasteiger partial charge on any atom is 0.135 e. The summed E-state index contributed by atoms with van der Waals surface area (Å²) >= 11 is 0. The summed E-state index contributed by atoms with van der Waals surface area (Å²) in [7, 11) is 0. The second-order valence-corrected chi connectivity index (χ2v) is 25.8. The molecule has 4 nitrogen and oxygen atoms in total. The van der Waals surface area contributed by atoms with Crippen molar-refractivity contribution in [2.75, 3.05) is 10.2 Å². The van der Waals surface area contributed by atoms with Crippen LogP contribution in [0.4, 0.5) is 28.4 Å². The molecule has 4 heteroatoms. The number of hydrogen-bond acceptors (Lipinski definition) is 3. The molecule has 0 saturated carbocycles. The van der Waals surface area contributed by atoms with Crippen molar-refractivity contribution in [1.29, 1.82) is 0 Å². The summed E-state index contributed by atoms with van der Waals surface area (Å²) in [4.78, 5) is 2.54. The van der Waals surface area contributed by atoms with Crippen LogP contribution in [0.2, 0.25) is 0 Å². The smallest absolute Gasteiger partial charge is 0.135 e. The molecule has 15 rings (SSSR count). The number of aromatic nitrogens is 1. The van der Waals surface area contributed by atoms with Gasteiger partial charge in [-0.2, -0.15) is 0 Å². The quantitative estimate of drug-likeness (QED) is 0.132. The fourth-order valence-electron chi connectivity index (χ4n) is 13.2.